The minimum atomic E-state index is -0.562. The highest BCUT2D eigenvalue weighted by molar-refractivity contribution is 9.10. The van der Waals surface area contributed by atoms with Crippen LogP contribution < -0.4 is 15.3 Å². The minimum Gasteiger partial charge on any atom is -0.367 e. The van der Waals surface area contributed by atoms with E-state index in [4.69, 9.17) is 0 Å². The molecular weight excluding hydrogens is 440 g/mol. The largest absolute Gasteiger partial charge is 0.367 e. The van der Waals surface area contributed by atoms with Gasteiger partial charge in [0.1, 0.15) is 11.3 Å². The SMILES string of the molecule is CCN(CC)c1ccc(/C=C2\C(=O)NN(c3ccc(Br)cc3)C2=O)cc1[N+](=O)[O-]. The van der Waals surface area contributed by atoms with Crippen molar-refractivity contribution in [2.24, 2.45) is 0 Å². The number of nitrogens with one attached hydrogen (secondary N) is 1. The van der Waals surface area contributed by atoms with Gasteiger partial charge in [-0.25, -0.2) is 5.01 Å². The molecule has 3 rings (SSSR count). The van der Waals surface area contributed by atoms with Crippen LogP contribution in [0.2, 0.25) is 0 Å². The highest BCUT2D eigenvalue weighted by atomic mass is 79.9. The van der Waals surface area contributed by atoms with Gasteiger partial charge in [0.15, 0.2) is 0 Å². The summed E-state index contributed by atoms with van der Waals surface area (Å²) in [5.74, 6) is -1.08. The standard InChI is InChI=1S/C20H19BrN4O4/c1-3-23(4-2)17-10-5-13(12-18(17)25(28)29)11-16-19(26)22-24(20(16)27)15-8-6-14(21)7-9-15/h5-12H,3-4H2,1-2H3,(H,22,26)/b16-11+. The van der Waals surface area contributed by atoms with Gasteiger partial charge in [0.2, 0.25) is 0 Å². The molecule has 2 aromatic rings. The monoisotopic (exact) mass is 458 g/mol. The molecule has 0 unspecified atom stereocenters. The summed E-state index contributed by atoms with van der Waals surface area (Å²) in [6.07, 6.45) is 1.37. The van der Waals surface area contributed by atoms with Gasteiger partial charge in [0.25, 0.3) is 17.5 Å². The summed E-state index contributed by atoms with van der Waals surface area (Å²) in [4.78, 5) is 38.0. The molecule has 8 nitrogen and oxygen atoms in total. The lowest BCUT2D eigenvalue weighted by atomic mass is 10.1. The maximum absolute atomic E-state index is 12.7. The molecule has 9 heteroatoms. The molecule has 1 heterocycles. The molecule has 1 aliphatic heterocycles. The van der Waals surface area contributed by atoms with Crippen molar-refractivity contribution in [2.45, 2.75) is 13.8 Å². The summed E-state index contributed by atoms with van der Waals surface area (Å²) in [6, 6.07) is 11.6. The average Bonchev–Trinajstić information content (AvgIpc) is 2.98. The molecule has 29 heavy (non-hydrogen) atoms. The third-order valence-electron chi connectivity index (χ3n) is 4.59. The van der Waals surface area contributed by atoms with Gasteiger partial charge in [0.05, 0.1) is 10.6 Å². The van der Waals surface area contributed by atoms with E-state index in [1.54, 1.807) is 36.4 Å². The summed E-state index contributed by atoms with van der Waals surface area (Å²) in [6.45, 7) is 5.09. The maximum Gasteiger partial charge on any atom is 0.293 e. The Balaban J connectivity index is 1.96. The molecule has 0 atom stereocenters. The zero-order chi connectivity index (χ0) is 21.1. The number of benzene rings is 2. The molecule has 1 fully saturated rings. The number of hydrogen-bond donors (Lipinski definition) is 1. The van der Waals surface area contributed by atoms with Crippen molar-refractivity contribution in [1.82, 2.24) is 5.43 Å². The predicted octanol–water partition coefficient (Wildman–Crippen LogP) is 3.66. The molecule has 0 spiro atoms. The zero-order valence-electron chi connectivity index (χ0n) is 15.9. The van der Waals surface area contributed by atoms with Crippen LogP contribution in [0.1, 0.15) is 19.4 Å². The normalized spacial score (nSPS) is 15.0. The van der Waals surface area contributed by atoms with Crippen molar-refractivity contribution in [1.29, 1.82) is 0 Å². The summed E-state index contributed by atoms with van der Waals surface area (Å²) < 4.78 is 0.843. The number of carbonyl (C=O) groups excluding carboxylic acids is 2. The predicted molar refractivity (Wildman–Crippen MR) is 114 cm³/mol. The smallest absolute Gasteiger partial charge is 0.293 e. The molecule has 150 valence electrons. The number of halogens is 1. The Kier molecular flexibility index (Phi) is 5.97. The van der Waals surface area contributed by atoms with E-state index in [0.717, 1.165) is 9.48 Å². The lowest BCUT2D eigenvalue weighted by Crippen LogP contribution is -2.35. The third-order valence-corrected chi connectivity index (χ3v) is 5.12. The lowest BCUT2D eigenvalue weighted by molar-refractivity contribution is -0.384. The molecule has 2 aromatic carbocycles. The Morgan fingerprint density at radius 3 is 2.38 bits per heavy atom. The number of amides is 2. The number of rotatable bonds is 6. The summed E-state index contributed by atoms with van der Waals surface area (Å²) in [7, 11) is 0. The number of nitrogens with zero attached hydrogens (tertiary/aromatic N) is 3. The van der Waals surface area contributed by atoms with E-state index in [9.17, 15) is 19.7 Å². The molecule has 0 aliphatic carbocycles. The topological polar surface area (TPSA) is 95.8 Å². The van der Waals surface area contributed by atoms with Gasteiger partial charge in [-0.15, -0.1) is 0 Å². The van der Waals surface area contributed by atoms with Crippen LogP contribution in [0.3, 0.4) is 0 Å². The van der Waals surface area contributed by atoms with E-state index in [1.807, 2.05) is 18.7 Å². The molecule has 0 aromatic heterocycles. The summed E-state index contributed by atoms with van der Waals surface area (Å²) >= 11 is 3.32. The lowest BCUT2D eigenvalue weighted by Gasteiger charge is -2.20. The van der Waals surface area contributed by atoms with Crippen LogP contribution >= 0.6 is 15.9 Å². The van der Waals surface area contributed by atoms with Crippen molar-refractivity contribution < 1.29 is 14.5 Å². The summed E-state index contributed by atoms with van der Waals surface area (Å²) in [5.41, 5.74) is 3.78. The Labute approximate surface area is 176 Å². The fraction of sp³-hybridized carbons (Fsp3) is 0.200. The van der Waals surface area contributed by atoms with E-state index in [1.165, 1.54) is 12.1 Å². The van der Waals surface area contributed by atoms with E-state index in [2.05, 4.69) is 21.4 Å². The first-order valence-electron chi connectivity index (χ1n) is 9.01. The van der Waals surface area contributed by atoms with Crippen molar-refractivity contribution >= 4 is 50.9 Å². The van der Waals surface area contributed by atoms with Gasteiger partial charge in [-0.1, -0.05) is 22.0 Å². The first-order valence-corrected chi connectivity index (χ1v) is 9.81. The number of nitro benzene ring substituents is 1. The quantitative estimate of drug-likeness (QED) is 0.308. The van der Waals surface area contributed by atoms with Crippen LogP contribution in [0.25, 0.3) is 6.08 Å². The Hall–Kier alpha value is -3.20. The fourth-order valence-corrected chi connectivity index (χ4v) is 3.37. The maximum atomic E-state index is 12.7. The first-order chi connectivity index (χ1) is 13.8. The molecule has 1 N–H and O–H groups in total. The van der Waals surface area contributed by atoms with Gasteiger partial charge < -0.3 is 4.90 Å². The number of anilines is 2. The Bertz CT molecular complexity index is 1000. The van der Waals surface area contributed by atoms with Crippen molar-refractivity contribution in [3.05, 3.63) is 68.2 Å². The number of hydrazine groups is 1. The van der Waals surface area contributed by atoms with Crippen LogP contribution in [0.15, 0.2) is 52.5 Å². The van der Waals surface area contributed by atoms with Gasteiger partial charge >= 0.3 is 0 Å². The second kappa shape index (κ2) is 8.44. The Morgan fingerprint density at radius 1 is 1.14 bits per heavy atom. The van der Waals surface area contributed by atoms with E-state index >= 15 is 0 Å². The number of hydrogen-bond acceptors (Lipinski definition) is 5. The molecule has 1 aliphatic rings. The van der Waals surface area contributed by atoms with E-state index < -0.39 is 16.7 Å². The van der Waals surface area contributed by atoms with Crippen LogP contribution in [0.4, 0.5) is 17.1 Å². The number of nitro groups is 1. The van der Waals surface area contributed by atoms with Crippen molar-refractivity contribution in [3.8, 4) is 0 Å². The highest BCUT2D eigenvalue weighted by Gasteiger charge is 2.34. The van der Waals surface area contributed by atoms with Gasteiger partial charge in [0, 0.05) is 23.6 Å². The Morgan fingerprint density at radius 2 is 1.79 bits per heavy atom. The molecular formula is C20H19BrN4O4. The second-order valence-electron chi connectivity index (χ2n) is 6.29. The van der Waals surface area contributed by atoms with Crippen LogP contribution in [0, 0.1) is 10.1 Å². The first kappa shape index (κ1) is 20.5. The fourth-order valence-electron chi connectivity index (χ4n) is 3.10. The zero-order valence-corrected chi connectivity index (χ0v) is 17.5. The van der Waals surface area contributed by atoms with Gasteiger partial charge in [-0.05, 0) is 55.8 Å². The average molecular weight is 459 g/mol. The molecule has 2 amide bonds. The highest BCUT2D eigenvalue weighted by Crippen LogP contribution is 2.31. The number of carbonyl (C=O) groups is 2. The second-order valence-corrected chi connectivity index (χ2v) is 7.21. The molecule has 0 bridgehead atoms. The van der Waals surface area contributed by atoms with E-state index in [0.29, 0.717) is 30.0 Å². The third kappa shape index (κ3) is 4.14. The van der Waals surface area contributed by atoms with Crippen molar-refractivity contribution in [2.75, 3.05) is 23.0 Å². The minimum absolute atomic E-state index is 0.0707. The van der Waals surface area contributed by atoms with Crippen LogP contribution in [0.5, 0.6) is 0 Å². The van der Waals surface area contributed by atoms with Gasteiger partial charge in [-0.2, -0.15) is 0 Å². The molecule has 0 saturated carbocycles. The summed E-state index contributed by atoms with van der Waals surface area (Å²) in [5, 5.41) is 12.7. The van der Waals surface area contributed by atoms with Crippen molar-refractivity contribution in [3.63, 3.8) is 0 Å². The molecule has 1 saturated heterocycles. The molecule has 0 radical (unpaired) electrons. The van der Waals surface area contributed by atoms with E-state index in [-0.39, 0.29) is 11.3 Å². The van der Waals surface area contributed by atoms with Crippen LogP contribution in [-0.4, -0.2) is 29.8 Å². The van der Waals surface area contributed by atoms with Crippen LogP contribution in [-0.2, 0) is 9.59 Å². The van der Waals surface area contributed by atoms with Gasteiger partial charge in [-0.3, -0.25) is 25.1 Å².